The zero-order valence-corrected chi connectivity index (χ0v) is 17.8. The fourth-order valence-electron chi connectivity index (χ4n) is 2.86. The number of aryl methyl sites for hydroxylation is 1. The van der Waals surface area contributed by atoms with Gasteiger partial charge in [-0.25, -0.2) is 10.2 Å². The minimum absolute atomic E-state index is 0.413. The second kappa shape index (κ2) is 11.4. The Morgan fingerprint density at radius 3 is 2.35 bits per heavy atom. The van der Waals surface area contributed by atoms with Crippen molar-refractivity contribution in [3.8, 4) is 11.5 Å². The van der Waals surface area contributed by atoms with E-state index in [0.717, 1.165) is 23.3 Å². The van der Waals surface area contributed by atoms with Gasteiger partial charge in [-0.1, -0.05) is 42.5 Å². The molecule has 3 aromatic rings. The van der Waals surface area contributed by atoms with Crippen LogP contribution in [0.1, 0.15) is 23.1 Å². The molecule has 0 radical (unpaired) electrons. The smallest absolute Gasteiger partial charge is 0.339 e. The minimum atomic E-state index is -0.413. The average Bonchev–Trinajstić information content (AvgIpc) is 2.78. The van der Waals surface area contributed by atoms with Crippen LogP contribution < -0.4 is 20.2 Å². The van der Waals surface area contributed by atoms with Crippen LogP contribution in [0.15, 0.2) is 77.9 Å². The molecule has 2 N–H and O–H groups in total. The highest BCUT2D eigenvalue weighted by atomic mass is 16.5. The molecule has 3 rings (SSSR count). The number of amides is 2. The van der Waals surface area contributed by atoms with Crippen molar-refractivity contribution < 1.29 is 14.3 Å². The van der Waals surface area contributed by atoms with Crippen LogP contribution in [0.25, 0.3) is 0 Å². The normalized spacial score (nSPS) is 10.6. The third-order valence-corrected chi connectivity index (χ3v) is 4.68. The molecule has 0 saturated carbocycles. The van der Waals surface area contributed by atoms with E-state index in [0.29, 0.717) is 24.7 Å². The van der Waals surface area contributed by atoms with Crippen LogP contribution in [0.4, 0.5) is 10.5 Å². The van der Waals surface area contributed by atoms with Crippen molar-refractivity contribution in [2.75, 3.05) is 18.5 Å². The summed E-state index contributed by atoms with van der Waals surface area (Å²) in [6.07, 6.45) is 2.31. The highest BCUT2D eigenvalue weighted by Crippen LogP contribution is 2.21. The zero-order valence-electron chi connectivity index (χ0n) is 17.8. The molecular weight excluding hydrogens is 390 g/mol. The number of hydrazone groups is 1. The lowest BCUT2D eigenvalue weighted by molar-refractivity contribution is 0.246. The van der Waals surface area contributed by atoms with E-state index in [1.807, 2.05) is 54.6 Å². The van der Waals surface area contributed by atoms with Gasteiger partial charge in [-0.15, -0.1) is 0 Å². The Morgan fingerprint density at radius 2 is 1.55 bits per heavy atom. The first kappa shape index (κ1) is 21.9. The van der Waals surface area contributed by atoms with Gasteiger partial charge in [-0.2, -0.15) is 5.10 Å². The molecule has 2 amide bonds. The van der Waals surface area contributed by atoms with Gasteiger partial charge in [0.2, 0.25) is 0 Å². The number of carbonyl (C=O) groups excluding carboxylic acids is 1. The van der Waals surface area contributed by atoms with Crippen LogP contribution in [0, 0.1) is 13.8 Å². The van der Waals surface area contributed by atoms with E-state index in [2.05, 4.69) is 35.8 Å². The Morgan fingerprint density at radius 1 is 0.871 bits per heavy atom. The van der Waals surface area contributed by atoms with Gasteiger partial charge in [0.1, 0.15) is 11.5 Å². The van der Waals surface area contributed by atoms with Gasteiger partial charge >= 0.3 is 6.03 Å². The lowest BCUT2D eigenvalue weighted by atomic mass is 10.1. The van der Waals surface area contributed by atoms with Gasteiger partial charge in [0.15, 0.2) is 0 Å². The fourth-order valence-corrected chi connectivity index (χ4v) is 2.86. The fraction of sp³-hybridized carbons (Fsp3) is 0.200. The molecule has 0 saturated heterocycles. The molecule has 6 nitrogen and oxygen atoms in total. The predicted molar refractivity (Wildman–Crippen MR) is 124 cm³/mol. The summed E-state index contributed by atoms with van der Waals surface area (Å²) in [6, 6.07) is 22.4. The molecule has 160 valence electrons. The van der Waals surface area contributed by atoms with Gasteiger partial charge < -0.3 is 14.8 Å². The molecule has 0 aliphatic heterocycles. The largest absolute Gasteiger partial charge is 0.493 e. The van der Waals surface area contributed by atoms with Crippen LogP contribution in [-0.4, -0.2) is 25.5 Å². The molecule has 0 atom stereocenters. The van der Waals surface area contributed by atoms with Gasteiger partial charge in [-0.05, 0) is 55.3 Å². The molecule has 6 heteroatoms. The number of nitrogens with zero attached hydrogens (tertiary/aromatic N) is 1. The highest BCUT2D eigenvalue weighted by Gasteiger charge is 2.04. The summed E-state index contributed by atoms with van der Waals surface area (Å²) >= 11 is 0. The minimum Gasteiger partial charge on any atom is -0.493 e. The number of anilines is 1. The Hall–Kier alpha value is -3.80. The maximum absolute atomic E-state index is 11.9. The summed E-state index contributed by atoms with van der Waals surface area (Å²) in [5, 5.41) is 6.71. The van der Waals surface area contributed by atoms with Crippen LogP contribution in [0.3, 0.4) is 0 Å². The number of carbonyl (C=O) groups is 1. The molecule has 3 aromatic carbocycles. The van der Waals surface area contributed by atoms with Gasteiger partial charge in [0, 0.05) is 17.7 Å². The summed E-state index contributed by atoms with van der Waals surface area (Å²) in [6.45, 7) is 5.22. The van der Waals surface area contributed by atoms with Crippen molar-refractivity contribution in [3.05, 3.63) is 89.5 Å². The molecular formula is C25H27N3O3. The lowest BCUT2D eigenvalue weighted by Gasteiger charge is -2.12. The molecule has 0 unspecified atom stereocenters. The zero-order chi connectivity index (χ0) is 21.9. The van der Waals surface area contributed by atoms with Crippen LogP contribution in [0.2, 0.25) is 0 Å². The van der Waals surface area contributed by atoms with Crippen LogP contribution in [-0.2, 0) is 0 Å². The monoisotopic (exact) mass is 417 g/mol. The molecule has 0 heterocycles. The molecule has 0 aromatic heterocycles. The van der Waals surface area contributed by atoms with E-state index in [4.69, 9.17) is 9.47 Å². The standard InChI is InChI=1S/C25H27N3O3/c1-19-10-8-15-23(20(19)2)30-16-9-17-31-24-14-7-6-11-21(24)18-26-28-25(29)27-22-12-4-3-5-13-22/h3-8,10-15,18H,9,16-17H2,1-2H3,(H2,27,28,29)/b26-18+. The van der Waals surface area contributed by atoms with Crippen LogP contribution >= 0.6 is 0 Å². The van der Waals surface area contributed by atoms with Crippen molar-refractivity contribution in [1.29, 1.82) is 0 Å². The van der Waals surface area contributed by atoms with Crippen molar-refractivity contribution in [2.45, 2.75) is 20.3 Å². The topological polar surface area (TPSA) is 72.0 Å². The summed E-state index contributed by atoms with van der Waals surface area (Å²) in [7, 11) is 0. The summed E-state index contributed by atoms with van der Waals surface area (Å²) in [5.41, 5.74) is 6.30. The summed E-state index contributed by atoms with van der Waals surface area (Å²) in [4.78, 5) is 11.9. The third-order valence-electron chi connectivity index (χ3n) is 4.68. The predicted octanol–water partition coefficient (Wildman–Crippen LogP) is 5.31. The van der Waals surface area contributed by atoms with E-state index < -0.39 is 6.03 Å². The Balaban J connectivity index is 1.44. The molecule has 0 bridgehead atoms. The second-order valence-corrected chi connectivity index (χ2v) is 6.98. The number of urea groups is 1. The van der Waals surface area contributed by atoms with E-state index >= 15 is 0 Å². The number of para-hydroxylation sites is 2. The Kier molecular flexibility index (Phi) is 8.05. The highest BCUT2D eigenvalue weighted by molar-refractivity contribution is 5.90. The Bertz CT molecular complexity index is 1020. The average molecular weight is 418 g/mol. The van der Waals surface area contributed by atoms with Gasteiger partial charge in [0.05, 0.1) is 19.4 Å². The number of nitrogens with one attached hydrogen (secondary N) is 2. The molecule has 31 heavy (non-hydrogen) atoms. The summed E-state index contributed by atoms with van der Waals surface area (Å²) in [5.74, 6) is 1.61. The van der Waals surface area contributed by atoms with Crippen molar-refractivity contribution in [2.24, 2.45) is 5.10 Å². The maximum atomic E-state index is 11.9. The van der Waals surface area contributed by atoms with E-state index in [1.165, 1.54) is 5.56 Å². The first-order valence-corrected chi connectivity index (χ1v) is 10.2. The van der Waals surface area contributed by atoms with E-state index in [9.17, 15) is 4.79 Å². The number of ether oxygens (including phenoxy) is 2. The van der Waals surface area contributed by atoms with E-state index in [1.54, 1.807) is 18.3 Å². The van der Waals surface area contributed by atoms with E-state index in [-0.39, 0.29) is 0 Å². The summed E-state index contributed by atoms with van der Waals surface area (Å²) < 4.78 is 11.7. The molecule has 0 aliphatic carbocycles. The molecule has 0 aliphatic rings. The molecule has 0 fully saturated rings. The first-order chi connectivity index (χ1) is 15.1. The maximum Gasteiger partial charge on any atom is 0.339 e. The van der Waals surface area contributed by atoms with Gasteiger partial charge in [-0.3, -0.25) is 0 Å². The third kappa shape index (κ3) is 6.89. The van der Waals surface area contributed by atoms with Gasteiger partial charge in [0.25, 0.3) is 0 Å². The second-order valence-electron chi connectivity index (χ2n) is 6.98. The van der Waals surface area contributed by atoms with Crippen molar-refractivity contribution >= 4 is 17.9 Å². The SMILES string of the molecule is Cc1cccc(OCCCOc2ccccc2/C=N/NC(=O)Nc2ccccc2)c1C. The number of hydrogen-bond donors (Lipinski definition) is 2. The number of rotatable bonds is 9. The van der Waals surface area contributed by atoms with Crippen molar-refractivity contribution in [1.82, 2.24) is 5.43 Å². The van der Waals surface area contributed by atoms with Crippen LogP contribution in [0.5, 0.6) is 11.5 Å². The first-order valence-electron chi connectivity index (χ1n) is 10.2. The quantitative estimate of drug-likeness (QED) is 0.282. The lowest BCUT2D eigenvalue weighted by Crippen LogP contribution is -2.24. The van der Waals surface area contributed by atoms with Crippen molar-refractivity contribution in [3.63, 3.8) is 0 Å². The Labute approximate surface area is 182 Å². The number of hydrogen-bond acceptors (Lipinski definition) is 4. The molecule has 0 spiro atoms. The number of benzene rings is 3.